The Kier molecular flexibility index (Phi) is 3.17. The van der Waals surface area contributed by atoms with Gasteiger partial charge in [-0.25, -0.2) is 0 Å². The molecule has 0 unspecified atom stereocenters. The lowest BCUT2D eigenvalue weighted by Crippen LogP contribution is -2.33. The average molecular weight is 299 g/mol. The van der Waals surface area contributed by atoms with E-state index in [2.05, 4.69) is 15.9 Å². The van der Waals surface area contributed by atoms with E-state index in [1.165, 1.54) is 0 Å². The maximum atomic E-state index is 11.6. The topological polar surface area (TPSA) is 57.5 Å². The zero-order valence-corrected chi connectivity index (χ0v) is 11.2. The highest BCUT2D eigenvalue weighted by atomic mass is 79.9. The van der Waals surface area contributed by atoms with Crippen LogP contribution in [0.1, 0.15) is 36.8 Å². The first-order valence-corrected chi connectivity index (χ1v) is 6.50. The van der Waals surface area contributed by atoms with Crippen molar-refractivity contribution >= 4 is 21.9 Å². The van der Waals surface area contributed by atoms with Crippen molar-refractivity contribution in [2.24, 2.45) is 0 Å². The predicted octanol–water partition coefficient (Wildman–Crippen LogP) is 3.36. The molecule has 0 atom stereocenters. The minimum Gasteiger partial charge on any atom is -0.507 e. The summed E-state index contributed by atoms with van der Waals surface area (Å²) in [5.74, 6) is -0.597. The van der Waals surface area contributed by atoms with Gasteiger partial charge in [-0.3, -0.25) is 4.79 Å². The van der Waals surface area contributed by atoms with Crippen molar-refractivity contribution in [2.45, 2.75) is 38.0 Å². The summed E-state index contributed by atoms with van der Waals surface area (Å²) in [4.78, 5) is 11.6. The Morgan fingerprint density at radius 2 is 1.94 bits per heavy atom. The number of halogens is 1. The van der Waals surface area contributed by atoms with Crippen molar-refractivity contribution in [3.8, 4) is 5.75 Å². The van der Waals surface area contributed by atoms with Gasteiger partial charge >= 0.3 is 5.97 Å². The first-order valence-electron chi connectivity index (χ1n) is 5.70. The highest BCUT2D eigenvalue weighted by molar-refractivity contribution is 9.10. The number of carbonyl (C=O) groups is 1. The molecule has 2 N–H and O–H groups in total. The smallest absolute Gasteiger partial charge is 0.314 e. The number of hydrogen-bond donors (Lipinski definition) is 2. The van der Waals surface area contributed by atoms with Gasteiger partial charge in [0.05, 0.1) is 9.89 Å². The van der Waals surface area contributed by atoms with Crippen molar-refractivity contribution < 1.29 is 15.0 Å². The molecule has 0 radical (unpaired) electrons. The van der Waals surface area contributed by atoms with Crippen LogP contribution in [0.25, 0.3) is 0 Å². The van der Waals surface area contributed by atoms with E-state index < -0.39 is 11.4 Å². The third kappa shape index (κ3) is 1.95. The number of aryl methyl sites for hydroxylation is 1. The van der Waals surface area contributed by atoms with E-state index in [9.17, 15) is 15.0 Å². The predicted molar refractivity (Wildman–Crippen MR) is 68.3 cm³/mol. The summed E-state index contributed by atoms with van der Waals surface area (Å²) in [6.45, 7) is 1.85. The van der Waals surface area contributed by atoms with Crippen molar-refractivity contribution in [3.63, 3.8) is 0 Å². The number of aromatic hydroxyl groups is 1. The summed E-state index contributed by atoms with van der Waals surface area (Å²) in [5.41, 5.74) is 0.905. The van der Waals surface area contributed by atoms with Gasteiger partial charge in [-0.2, -0.15) is 0 Å². The lowest BCUT2D eigenvalue weighted by Gasteiger charge is -2.26. The van der Waals surface area contributed by atoms with E-state index in [4.69, 9.17) is 0 Å². The molecule has 0 bridgehead atoms. The third-order valence-corrected chi connectivity index (χ3v) is 4.31. The van der Waals surface area contributed by atoms with Gasteiger partial charge in [0.15, 0.2) is 0 Å². The Morgan fingerprint density at radius 1 is 1.35 bits per heavy atom. The van der Waals surface area contributed by atoms with Gasteiger partial charge in [-0.05, 0) is 59.0 Å². The standard InChI is InChI=1S/C13H15BrO3/c1-8-6-11(15)10(14)7-9(8)13(12(16)17)4-2-3-5-13/h6-7,15H,2-5H2,1H3,(H,16,17). The van der Waals surface area contributed by atoms with Gasteiger partial charge < -0.3 is 10.2 Å². The first kappa shape index (κ1) is 12.4. The van der Waals surface area contributed by atoms with Crippen LogP contribution in [0.15, 0.2) is 16.6 Å². The number of phenols is 1. The van der Waals surface area contributed by atoms with E-state index in [-0.39, 0.29) is 5.75 Å². The van der Waals surface area contributed by atoms with E-state index in [0.717, 1.165) is 24.0 Å². The second-order valence-corrected chi connectivity index (χ2v) is 5.57. The fourth-order valence-corrected chi connectivity index (χ4v) is 3.10. The van der Waals surface area contributed by atoms with Crippen LogP contribution >= 0.6 is 15.9 Å². The largest absolute Gasteiger partial charge is 0.507 e. The molecule has 4 heteroatoms. The van der Waals surface area contributed by atoms with Crippen LogP contribution in [-0.4, -0.2) is 16.2 Å². The summed E-state index contributed by atoms with van der Waals surface area (Å²) in [6.07, 6.45) is 3.26. The molecule has 0 amide bonds. The van der Waals surface area contributed by atoms with Gasteiger partial charge in [0.25, 0.3) is 0 Å². The first-order chi connectivity index (χ1) is 7.97. The summed E-state index contributed by atoms with van der Waals surface area (Å²) in [5, 5.41) is 19.1. The SMILES string of the molecule is Cc1cc(O)c(Br)cc1C1(C(=O)O)CCCC1. The molecule has 1 fully saturated rings. The van der Waals surface area contributed by atoms with Crippen LogP contribution in [0.4, 0.5) is 0 Å². The molecule has 1 saturated carbocycles. The van der Waals surface area contributed by atoms with Crippen molar-refractivity contribution in [1.29, 1.82) is 0 Å². The minimum atomic E-state index is -0.764. The molecule has 0 saturated heterocycles. The molecule has 0 heterocycles. The maximum absolute atomic E-state index is 11.6. The van der Waals surface area contributed by atoms with E-state index in [1.54, 1.807) is 12.1 Å². The van der Waals surface area contributed by atoms with E-state index in [0.29, 0.717) is 17.3 Å². The molecule has 0 spiro atoms. The lowest BCUT2D eigenvalue weighted by molar-refractivity contribution is -0.143. The highest BCUT2D eigenvalue weighted by Gasteiger charge is 2.44. The fraction of sp³-hybridized carbons (Fsp3) is 0.462. The Balaban J connectivity index is 2.58. The van der Waals surface area contributed by atoms with Crippen LogP contribution < -0.4 is 0 Å². The van der Waals surface area contributed by atoms with Crippen molar-refractivity contribution in [1.82, 2.24) is 0 Å². The molecular formula is C13H15BrO3. The summed E-state index contributed by atoms with van der Waals surface area (Å²) < 4.78 is 0.561. The Labute approximate surface area is 109 Å². The molecule has 2 rings (SSSR count). The van der Waals surface area contributed by atoms with Crippen LogP contribution in [-0.2, 0) is 10.2 Å². The van der Waals surface area contributed by atoms with Gasteiger partial charge in [0.1, 0.15) is 5.75 Å². The Bertz CT molecular complexity index is 462. The fourth-order valence-electron chi connectivity index (χ4n) is 2.76. The van der Waals surface area contributed by atoms with Crippen molar-refractivity contribution in [3.05, 3.63) is 27.7 Å². The molecule has 1 aromatic carbocycles. The number of carboxylic acid groups (broad SMARTS) is 1. The minimum absolute atomic E-state index is 0.157. The van der Waals surface area contributed by atoms with Gasteiger partial charge in [-0.15, -0.1) is 0 Å². The highest BCUT2D eigenvalue weighted by Crippen LogP contribution is 2.44. The number of carboxylic acids is 1. The maximum Gasteiger partial charge on any atom is 0.314 e. The quantitative estimate of drug-likeness (QED) is 0.880. The zero-order valence-electron chi connectivity index (χ0n) is 9.66. The molecule has 1 aliphatic carbocycles. The number of benzene rings is 1. The second kappa shape index (κ2) is 4.33. The summed E-state index contributed by atoms with van der Waals surface area (Å²) in [7, 11) is 0. The number of phenolic OH excluding ortho intramolecular Hbond substituents is 1. The third-order valence-electron chi connectivity index (χ3n) is 3.68. The van der Waals surface area contributed by atoms with Crippen LogP contribution in [0.2, 0.25) is 0 Å². The number of rotatable bonds is 2. The zero-order chi connectivity index (χ0) is 12.6. The molecular weight excluding hydrogens is 284 g/mol. The molecule has 0 aliphatic heterocycles. The van der Waals surface area contributed by atoms with Crippen LogP contribution in [0, 0.1) is 6.92 Å². The molecule has 1 aromatic rings. The molecule has 92 valence electrons. The Hall–Kier alpha value is -1.03. The van der Waals surface area contributed by atoms with Crippen LogP contribution in [0.5, 0.6) is 5.75 Å². The van der Waals surface area contributed by atoms with Gasteiger partial charge in [0, 0.05) is 0 Å². The molecule has 1 aliphatic rings. The molecule has 17 heavy (non-hydrogen) atoms. The lowest BCUT2D eigenvalue weighted by atomic mass is 9.77. The number of hydrogen-bond acceptors (Lipinski definition) is 2. The molecule has 0 aromatic heterocycles. The van der Waals surface area contributed by atoms with E-state index >= 15 is 0 Å². The second-order valence-electron chi connectivity index (χ2n) is 4.71. The van der Waals surface area contributed by atoms with Crippen LogP contribution in [0.3, 0.4) is 0 Å². The monoisotopic (exact) mass is 298 g/mol. The average Bonchev–Trinajstić information content (AvgIpc) is 2.73. The molecule has 3 nitrogen and oxygen atoms in total. The summed E-state index contributed by atoms with van der Waals surface area (Å²) in [6, 6.07) is 3.38. The number of aliphatic carboxylic acids is 1. The van der Waals surface area contributed by atoms with Gasteiger partial charge in [-0.1, -0.05) is 12.8 Å². The Morgan fingerprint density at radius 3 is 2.47 bits per heavy atom. The van der Waals surface area contributed by atoms with E-state index in [1.807, 2.05) is 6.92 Å². The summed E-state index contributed by atoms with van der Waals surface area (Å²) >= 11 is 3.26. The normalized spacial score (nSPS) is 18.2. The van der Waals surface area contributed by atoms with Gasteiger partial charge in [0.2, 0.25) is 0 Å². The van der Waals surface area contributed by atoms with Crippen molar-refractivity contribution in [2.75, 3.05) is 0 Å².